The van der Waals surface area contributed by atoms with Gasteiger partial charge >= 0.3 is 6.09 Å². The number of carbonyl (C=O) groups is 1. The van der Waals surface area contributed by atoms with Gasteiger partial charge in [0.05, 0.1) is 19.6 Å². The van der Waals surface area contributed by atoms with E-state index < -0.39 is 5.60 Å². The zero-order valence-electron chi connectivity index (χ0n) is 11.9. The van der Waals surface area contributed by atoms with Gasteiger partial charge in [0.25, 0.3) is 0 Å². The summed E-state index contributed by atoms with van der Waals surface area (Å²) in [7, 11) is 0. The number of carbonyl (C=O) groups excluding carboxylic acids is 1. The maximum absolute atomic E-state index is 12.0. The van der Waals surface area contributed by atoms with Crippen LogP contribution in [0.5, 0.6) is 0 Å². The first-order valence-corrected chi connectivity index (χ1v) is 6.44. The summed E-state index contributed by atoms with van der Waals surface area (Å²) in [6.07, 6.45) is 0.943. The Morgan fingerprint density at radius 1 is 1.55 bits per heavy atom. The van der Waals surface area contributed by atoms with E-state index in [1.165, 1.54) is 6.39 Å². The molecular formula is C12H19N5O3. The van der Waals surface area contributed by atoms with E-state index in [1.54, 1.807) is 4.90 Å². The summed E-state index contributed by atoms with van der Waals surface area (Å²) in [6, 6.07) is 0. The molecule has 110 valence electrons. The van der Waals surface area contributed by atoms with Gasteiger partial charge < -0.3 is 14.6 Å². The SMILES string of the molecule is CC(C)(C)OC(=O)N1CCN=C(NCc2ncon2)C1. The summed E-state index contributed by atoms with van der Waals surface area (Å²) in [6.45, 7) is 7.45. The second-order valence-corrected chi connectivity index (χ2v) is 5.43. The average molecular weight is 281 g/mol. The molecule has 1 N–H and O–H groups in total. The molecule has 2 heterocycles. The van der Waals surface area contributed by atoms with Crippen molar-refractivity contribution in [3.8, 4) is 0 Å². The average Bonchev–Trinajstić information content (AvgIpc) is 2.88. The van der Waals surface area contributed by atoms with Gasteiger partial charge in [-0.1, -0.05) is 5.16 Å². The second-order valence-electron chi connectivity index (χ2n) is 5.43. The highest BCUT2D eigenvalue weighted by molar-refractivity contribution is 5.87. The van der Waals surface area contributed by atoms with Crippen LogP contribution >= 0.6 is 0 Å². The number of amides is 1. The van der Waals surface area contributed by atoms with E-state index in [2.05, 4.69) is 25.0 Å². The van der Waals surface area contributed by atoms with Gasteiger partial charge in [0, 0.05) is 6.54 Å². The van der Waals surface area contributed by atoms with Gasteiger partial charge in [0.1, 0.15) is 11.4 Å². The van der Waals surface area contributed by atoms with Crippen LogP contribution in [0, 0.1) is 0 Å². The van der Waals surface area contributed by atoms with E-state index in [0.717, 1.165) is 0 Å². The number of nitrogens with one attached hydrogen (secondary N) is 1. The third kappa shape index (κ3) is 4.22. The summed E-state index contributed by atoms with van der Waals surface area (Å²) in [5.41, 5.74) is -0.496. The van der Waals surface area contributed by atoms with Crippen LogP contribution in [0.3, 0.4) is 0 Å². The zero-order chi connectivity index (χ0) is 14.6. The molecule has 1 aliphatic heterocycles. The largest absolute Gasteiger partial charge is 0.444 e. The molecular weight excluding hydrogens is 262 g/mol. The van der Waals surface area contributed by atoms with Crippen LogP contribution in [0.4, 0.5) is 4.79 Å². The third-order valence-corrected chi connectivity index (χ3v) is 2.52. The third-order valence-electron chi connectivity index (χ3n) is 2.52. The minimum absolute atomic E-state index is 0.328. The Morgan fingerprint density at radius 3 is 3.00 bits per heavy atom. The fourth-order valence-corrected chi connectivity index (χ4v) is 1.66. The van der Waals surface area contributed by atoms with Crippen molar-refractivity contribution in [2.75, 3.05) is 19.6 Å². The maximum Gasteiger partial charge on any atom is 0.410 e. The van der Waals surface area contributed by atoms with E-state index in [1.807, 2.05) is 20.8 Å². The molecule has 0 atom stereocenters. The van der Waals surface area contributed by atoms with Crippen LogP contribution in [-0.4, -0.2) is 52.2 Å². The molecule has 8 nitrogen and oxygen atoms in total. The van der Waals surface area contributed by atoms with E-state index in [9.17, 15) is 4.79 Å². The van der Waals surface area contributed by atoms with Crippen LogP contribution < -0.4 is 5.32 Å². The van der Waals surface area contributed by atoms with Crippen LogP contribution in [0.1, 0.15) is 26.6 Å². The topological polar surface area (TPSA) is 92.8 Å². The summed E-state index contributed by atoms with van der Waals surface area (Å²) < 4.78 is 9.98. The summed E-state index contributed by atoms with van der Waals surface area (Å²) >= 11 is 0. The van der Waals surface area contributed by atoms with E-state index >= 15 is 0 Å². The molecule has 0 radical (unpaired) electrons. The number of hydrogen-bond donors (Lipinski definition) is 1. The van der Waals surface area contributed by atoms with Crippen molar-refractivity contribution in [2.45, 2.75) is 32.9 Å². The molecule has 1 aliphatic rings. The van der Waals surface area contributed by atoms with E-state index in [0.29, 0.717) is 37.8 Å². The number of rotatable bonds is 2. The fourth-order valence-electron chi connectivity index (χ4n) is 1.66. The van der Waals surface area contributed by atoms with Crippen molar-refractivity contribution >= 4 is 11.9 Å². The van der Waals surface area contributed by atoms with E-state index in [-0.39, 0.29) is 6.09 Å². The normalized spacial score (nSPS) is 15.8. The molecule has 1 aromatic heterocycles. The summed E-state index contributed by atoms with van der Waals surface area (Å²) in [5, 5.41) is 6.78. The number of amidine groups is 1. The lowest BCUT2D eigenvalue weighted by Gasteiger charge is -2.29. The Bertz CT molecular complexity index is 478. The highest BCUT2D eigenvalue weighted by atomic mass is 16.6. The van der Waals surface area contributed by atoms with Crippen molar-refractivity contribution in [2.24, 2.45) is 4.99 Å². The number of aromatic nitrogens is 2. The molecule has 1 aromatic rings. The minimum atomic E-state index is -0.496. The van der Waals surface area contributed by atoms with Crippen LogP contribution in [-0.2, 0) is 11.3 Å². The Balaban J connectivity index is 1.84. The molecule has 0 saturated heterocycles. The van der Waals surface area contributed by atoms with Gasteiger partial charge in [-0.3, -0.25) is 9.89 Å². The molecule has 0 unspecified atom stereocenters. The predicted octanol–water partition coefficient (Wildman–Crippen LogP) is 0.808. The van der Waals surface area contributed by atoms with Gasteiger partial charge in [-0.05, 0) is 20.8 Å². The smallest absolute Gasteiger partial charge is 0.410 e. The Hall–Kier alpha value is -2.12. The molecule has 1 amide bonds. The summed E-state index contributed by atoms with van der Waals surface area (Å²) in [4.78, 5) is 21.8. The lowest BCUT2D eigenvalue weighted by atomic mass is 10.2. The van der Waals surface area contributed by atoms with Crippen LogP contribution in [0.15, 0.2) is 15.9 Å². The molecule has 0 aliphatic carbocycles. The Labute approximate surface area is 117 Å². The fraction of sp³-hybridized carbons (Fsp3) is 0.667. The van der Waals surface area contributed by atoms with Crippen molar-refractivity contribution in [1.29, 1.82) is 0 Å². The van der Waals surface area contributed by atoms with Gasteiger partial charge in [-0.2, -0.15) is 4.98 Å². The molecule has 8 heteroatoms. The predicted molar refractivity (Wildman–Crippen MR) is 71.2 cm³/mol. The Kier molecular flexibility index (Phi) is 4.21. The van der Waals surface area contributed by atoms with Crippen LogP contribution in [0.2, 0.25) is 0 Å². The molecule has 2 rings (SSSR count). The minimum Gasteiger partial charge on any atom is -0.444 e. The lowest BCUT2D eigenvalue weighted by Crippen LogP contribution is -2.47. The number of hydrogen-bond acceptors (Lipinski definition) is 7. The van der Waals surface area contributed by atoms with Crippen molar-refractivity contribution in [3.05, 3.63) is 12.2 Å². The van der Waals surface area contributed by atoms with Gasteiger partial charge in [-0.15, -0.1) is 0 Å². The van der Waals surface area contributed by atoms with Crippen molar-refractivity contribution in [3.63, 3.8) is 0 Å². The first-order valence-electron chi connectivity index (χ1n) is 6.44. The first-order chi connectivity index (χ1) is 9.44. The van der Waals surface area contributed by atoms with Crippen molar-refractivity contribution < 1.29 is 14.1 Å². The molecule has 0 saturated carbocycles. The van der Waals surface area contributed by atoms with Gasteiger partial charge in [-0.25, -0.2) is 4.79 Å². The molecule has 0 aromatic carbocycles. The number of aliphatic imine (C=N–C) groups is 1. The van der Waals surface area contributed by atoms with E-state index in [4.69, 9.17) is 4.74 Å². The highest BCUT2D eigenvalue weighted by Crippen LogP contribution is 2.11. The monoisotopic (exact) mass is 281 g/mol. The van der Waals surface area contributed by atoms with Gasteiger partial charge in [0.2, 0.25) is 6.39 Å². The first kappa shape index (κ1) is 14.3. The number of nitrogens with zero attached hydrogens (tertiary/aromatic N) is 4. The lowest BCUT2D eigenvalue weighted by molar-refractivity contribution is 0.0276. The molecule has 0 spiro atoms. The van der Waals surface area contributed by atoms with Crippen LogP contribution in [0.25, 0.3) is 0 Å². The second kappa shape index (κ2) is 5.89. The quantitative estimate of drug-likeness (QED) is 0.862. The molecule has 0 fully saturated rings. The highest BCUT2D eigenvalue weighted by Gasteiger charge is 2.24. The summed E-state index contributed by atoms with van der Waals surface area (Å²) in [5.74, 6) is 1.26. The standard InChI is InChI=1S/C12H19N5O3/c1-12(2,3)20-11(18)17-5-4-13-10(7-17)14-6-9-15-8-19-16-9/h8H,4-7H2,1-3H3,(H,13,14). The number of ether oxygens (including phenoxy) is 1. The molecule has 20 heavy (non-hydrogen) atoms. The Morgan fingerprint density at radius 2 is 2.35 bits per heavy atom. The molecule has 0 bridgehead atoms. The maximum atomic E-state index is 12.0. The zero-order valence-corrected chi connectivity index (χ0v) is 11.9. The van der Waals surface area contributed by atoms with Gasteiger partial charge in [0.15, 0.2) is 5.82 Å². The van der Waals surface area contributed by atoms with Crippen molar-refractivity contribution in [1.82, 2.24) is 20.4 Å².